The lowest BCUT2D eigenvalue weighted by molar-refractivity contribution is 0.547. The van der Waals surface area contributed by atoms with Crippen LogP contribution in [0.25, 0.3) is 0 Å². The first-order valence-electron chi connectivity index (χ1n) is 6.83. The summed E-state index contributed by atoms with van der Waals surface area (Å²) in [7, 11) is -3.49. The molecule has 5 nitrogen and oxygen atoms in total. The Hall–Kier alpha value is -0.950. The van der Waals surface area contributed by atoms with Gasteiger partial charge in [-0.3, -0.25) is 0 Å². The maximum atomic E-state index is 11.6. The first-order chi connectivity index (χ1) is 9.21. The zero-order chi connectivity index (χ0) is 15.3. The van der Waals surface area contributed by atoms with Gasteiger partial charge in [-0.25, -0.2) is 4.72 Å². The summed E-state index contributed by atoms with van der Waals surface area (Å²) >= 11 is 0. The molecule has 0 fully saturated rings. The van der Waals surface area contributed by atoms with Crippen molar-refractivity contribution < 1.29 is 8.42 Å². The highest BCUT2D eigenvalue weighted by Gasteiger charge is 2.14. The fourth-order valence-corrected chi connectivity index (χ4v) is 2.90. The summed E-state index contributed by atoms with van der Waals surface area (Å²) in [5.41, 5.74) is 8.16. The summed E-state index contributed by atoms with van der Waals surface area (Å²) in [6.45, 7) is 7.96. The Bertz CT molecular complexity index is 510. The van der Waals surface area contributed by atoms with Crippen LogP contribution in [0.2, 0.25) is 0 Å². The molecule has 0 spiro atoms. The Kier molecular flexibility index (Phi) is 6.13. The maximum absolute atomic E-state index is 11.6. The molecule has 0 aliphatic carbocycles. The van der Waals surface area contributed by atoms with Crippen LogP contribution in [0, 0.1) is 0 Å². The van der Waals surface area contributed by atoms with E-state index in [1.54, 1.807) is 13.8 Å². The van der Waals surface area contributed by atoms with Crippen LogP contribution in [-0.4, -0.2) is 21.0 Å². The Balaban J connectivity index is 2.61. The summed E-state index contributed by atoms with van der Waals surface area (Å²) in [5, 5.41) is 0. The lowest BCUT2D eigenvalue weighted by Crippen LogP contribution is -2.42. The van der Waals surface area contributed by atoms with Gasteiger partial charge in [-0.15, -0.1) is 0 Å². The zero-order valence-electron chi connectivity index (χ0n) is 12.6. The van der Waals surface area contributed by atoms with Crippen molar-refractivity contribution in [2.45, 2.75) is 45.7 Å². The largest absolute Gasteiger partial charge is 0.323 e. The fraction of sp³-hybridized carbons (Fsp3) is 0.571. The van der Waals surface area contributed by atoms with E-state index in [0.29, 0.717) is 5.92 Å². The molecule has 1 aromatic carbocycles. The molecule has 4 N–H and O–H groups in total. The summed E-state index contributed by atoms with van der Waals surface area (Å²) in [4.78, 5) is 0. The smallest absolute Gasteiger partial charge is 0.277 e. The summed E-state index contributed by atoms with van der Waals surface area (Å²) in [6, 6.07) is 7.45. The van der Waals surface area contributed by atoms with Crippen LogP contribution in [0.3, 0.4) is 0 Å². The monoisotopic (exact) mass is 299 g/mol. The first-order valence-corrected chi connectivity index (χ1v) is 8.32. The van der Waals surface area contributed by atoms with Gasteiger partial charge < -0.3 is 5.73 Å². The van der Waals surface area contributed by atoms with Crippen molar-refractivity contribution in [1.29, 1.82) is 0 Å². The van der Waals surface area contributed by atoms with E-state index in [1.807, 2.05) is 24.3 Å². The number of hydrogen-bond acceptors (Lipinski definition) is 3. The van der Waals surface area contributed by atoms with E-state index in [4.69, 9.17) is 5.73 Å². The normalized spacial score (nSPS) is 13.9. The number of nitrogens with two attached hydrogens (primary N) is 1. The molecule has 20 heavy (non-hydrogen) atoms. The fourth-order valence-electron chi connectivity index (χ4n) is 1.80. The van der Waals surface area contributed by atoms with Crippen LogP contribution in [0.1, 0.15) is 50.8 Å². The minimum Gasteiger partial charge on any atom is -0.323 e. The molecule has 1 rings (SSSR count). The van der Waals surface area contributed by atoms with Crippen molar-refractivity contribution in [1.82, 2.24) is 9.44 Å². The van der Waals surface area contributed by atoms with Gasteiger partial charge in [-0.2, -0.15) is 13.1 Å². The van der Waals surface area contributed by atoms with Gasteiger partial charge in [-0.1, -0.05) is 38.1 Å². The molecule has 0 heterocycles. The highest BCUT2D eigenvalue weighted by atomic mass is 32.2. The van der Waals surface area contributed by atoms with Crippen LogP contribution < -0.4 is 15.2 Å². The summed E-state index contributed by atoms with van der Waals surface area (Å²) in [5.74, 6) is 0.467. The van der Waals surface area contributed by atoms with Gasteiger partial charge in [0.25, 0.3) is 10.2 Å². The van der Waals surface area contributed by atoms with Gasteiger partial charge in [0.1, 0.15) is 0 Å². The highest BCUT2D eigenvalue weighted by Crippen LogP contribution is 2.17. The van der Waals surface area contributed by atoms with Crippen molar-refractivity contribution in [2.75, 3.05) is 6.54 Å². The molecule has 1 aromatic rings. The van der Waals surface area contributed by atoms with Crippen molar-refractivity contribution in [3.8, 4) is 0 Å². The predicted molar refractivity (Wildman–Crippen MR) is 82.7 cm³/mol. The zero-order valence-corrected chi connectivity index (χ0v) is 13.4. The maximum Gasteiger partial charge on any atom is 0.277 e. The summed E-state index contributed by atoms with van der Waals surface area (Å²) in [6.07, 6.45) is 0. The molecule has 0 bridgehead atoms. The number of hydrogen-bond donors (Lipinski definition) is 3. The highest BCUT2D eigenvalue weighted by molar-refractivity contribution is 7.87. The standard InChI is InChI=1S/C14H25N3O2S/c1-10(2)12-5-7-13(8-6-12)14(15)9-16-20(18,19)17-11(3)4/h5-8,10-11,14,16-17H,9,15H2,1-4H3. The molecule has 0 aliphatic heterocycles. The molecule has 0 aliphatic rings. The molecule has 0 saturated heterocycles. The van der Waals surface area contributed by atoms with Crippen molar-refractivity contribution >= 4 is 10.2 Å². The van der Waals surface area contributed by atoms with Crippen molar-refractivity contribution in [2.24, 2.45) is 5.73 Å². The Labute approximate surface area is 122 Å². The van der Waals surface area contributed by atoms with Gasteiger partial charge in [0.05, 0.1) is 0 Å². The minimum atomic E-state index is -3.49. The molecule has 114 valence electrons. The van der Waals surface area contributed by atoms with E-state index in [-0.39, 0.29) is 18.6 Å². The van der Waals surface area contributed by atoms with E-state index >= 15 is 0 Å². The lowest BCUT2D eigenvalue weighted by atomic mass is 9.99. The van der Waals surface area contributed by atoms with E-state index < -0.39 is 10.2 Å². The molecule has 6 heteroatoms. The second-order valence-electron chi connectivity index (χ2n) is 5.55. The molecule has 1 atom stereocenters. The van der Waals surface area contributed by atoms with Gasteiger partial charge in [0.15, 0.2) is 0 Å². The van der Waals surface area contributed by atoms with Gasteiger partial charge in [0.2, 0.25) is 0 Å². The third-order valence-electron chi connectivity index (χ3n) is 2.92. The van der Waals surface area contributed by atoms with Crippen LogP contribution in [0.5, 0.6) is 0 Å². The quantitative estimate of drug-likeness (QED) is 0.715. The van der Waals surface area contributed by atoms with Crippen LogP contribution in [0.4, 0.5) is 0 Å². The van der Waals surface area contributed by atoms with E-state index in [9.17, 15) is 8.42 Å². The van der Waals surface area contributed by atoms with E-state index in [2.05, 4.69) is 23.3 Å². The lowest BCUT2D eigenvalue weighted by Gasteiger charge is -2.16. The number of nitrogens with one attached hydrogen (secondary N) is 2. The SMILES string of the molecule is CC(C)NS(=O)(=O)NCC(N)c1ccc(C(C)C)cc1. The topological polar surface area (TPSA) is 84.2 Å². The van der Waals surface area contributed by atoms with Crippen molar-refractivity contribution in [3.05, 3.63) is 35.4 Å². The molecule has 0 radical (unpaired) electrons. The molecule has 0 amide bonds. The molecule has 1 unspecified atom stereocenters. The average Bonchev–Trinajstić information content (AvgIpc) is 2.34. The molecule has 0 saturated carbocycles. The molecular formula is C14H25N3O2S. The Morgan fingerprint density at radius 2 is 1.55 bits per heavy atom. The van der Waals surface area contributed by atoms with Gasteiger partial charge in [-0.05, 0) is 30.9 Å². The van der Waals surface area contributed by atoms with Crippen molar-refractivity contribution in [3.63, 3.8) is 0 Å². The number of rotatable bonds is 7. The van der Waals surface area contributed by atoms with Gasteiger partial charge in [0, 0.05) is 18.6 Å². The van der Waals surface area contributed by atoms with Crippen LogP contribution in [-0.2, 0) is 10.2 Å². The van der Waals surface area contributed by atoms with E-state index in [1.165, 1.54) is 5.56 Å². The Morgan fingerprint density at radius 1 is 1.05 bits per heavy atom. The molecule has 0 aromatic heterocycles. The average molecular weight is 299 g/mol. The predicted octanol–water partition coefficient (Wildman–Crippen LogP) is 1.64. The van der Waals surface area contributed by atoms with Crippen LogP contribution >= 0.6 is 0 Å². The first kappa shape index (κ1) is 17.1. The van der Waals surface area contributed by atoms with E-state index in [0.717, 1.165) is 5.56 Å². The third-order valence-corrected chi connectivity index (χ3v) is 4.24. The number of benzene rings is 1. The Morgan fingerprint density at radius 3 is 2.00 bits per heavy atom. The minimum absolute atomic E-state index is 0.144. The third kappa shape index (κ3) is 5.58. The molecular weight excluding hydrogens is 274 g/mol. The second-order valence-corrected chi connectivity index (χ2v) is 7.08. The second kappa shape index (κ2) is 7.17. The summed E-state index contributed by atoms with van der Waals surface area (Å²) < 4.78 is 28.2. The van der Waals surface area contributed by atoms with Gasteiger partial charge >= 0.3 is 0 Å². The van der Waals surface area contributed by atoms with Crippen LogP contribution in [0.15, 0.2) is 24.3 Å².